The molecule has 7 heteroatoms. The van der Waals surface area contributed by atoms with Gasteiger partial charge in [0.15, 0.2) is 5.65 Å². The predicted octanol–water partition coefficient (Wildman–Crippen LogP) is 1.38. The monoisotopic (exact) mass is 288 g/mol. The van der Waals surface area contributed by atoms with Gasteiger partial charge in [-0.3, -0.25) is 4.79 Å². The molecule has 0 saturated heterocycles. The molecule has 2 heterocycles. The van der Waals surface area contributed by atoms with Crippen LogP contribution >= 0.6 is 0 Å². The van der Waals surface area contributed by atoms with E-state index in [4.69, 9.17) is 0 Å². The number of amides is 1. The summed E-state index contributed by atoms with van der Waals surface area (Å²) in [5, 5.41) is 18.2. The fourth-order valence-electron chi connectivity index (χ4n) is 2.67. The van der Waals surface area contributed by atoms with Gasteiger partial charge in [0.1, 0.15) is 12.1 Å². The summed E-state index contributed by atoms with van der Waals surface area (Å²) in [6.45, 7) is 0.569. The van der Waals surface area contributed by atoms with Crippen molar-refractivity contribution >= 4 is 17.4 Å². The number of carbonyl (C=O) groups excluding carboxylic acids is 1. The van der Waals surface area contributed by atoms with Crippen LogP contribution in [0.4, 0.5) is 5.82 Å². The van der Waals surface area contributed by atoms with Crippen LogP contribution < -0.4 is 10.6 Å². The molecule has 1 aliphatic carbocycles. The van der Waals surface area contributed by atoms with Crippen molar-refractivity contribution in [1.29, 1.82) is 0 Å². The minimum absolute atomic E-state index is 0.111. The maximum Gasteiger partial charge on any atom is 0.221 e. The van der Waals surface area contributed by atoms with Crippen molar-refractivity contribution in [3.63, 3.8) is 0 Å². The molecule has 0 aliphatic heterocycles. The molecule has 112 valence electrons. The van der Waals surface area contributed by atoms with Gasteiger partial charge in [0, 0.05) is 19.0 Å². The highest BCUT2D eigenvalue weighted by Gasteiger charge is 2.15. The second-order valence-corrected chi connectivity index (χ2v) is 5.43. The summed E-state index contributed by atoms with van der Waals surface area (Å²) < 4.78 is 1.60. The Balaban J connectivity index is 1.43. The van der Waals surface area contributed by atoms with Gasteiger partial charge in [-0.15, -0.1) is 15.3 Å². The van der Waals surface area contributed by atoms with Crippen molar-refractivity contribution in [2.45, 2.75) is 44.6 Å². The van der Waals surface area contributed by atoms with E-state index < -0.39 is 0 Å². The summed E-state index contributed by atoms with van der Waals surface area (Å²) in [7, 11) is 0. The molecule has 0 atom stereocenters. The normalized spacial score (nSPS) is 16.0. The number of hydrogen-bond acceptors (Lipinski definition) is 5. The fraction of sp³-hybridized carbons (Fsp3) is 0.571. The molecular formula is C14H20N6O. The van der Waals surface area contributed by atoms with Crippen LogP contribution in [-0.2, 0) is 4.79 Å². The number of rotatable bonds is 5. The Kier molecular flexibility index (Phi) is 4.28. The van der Waals surface area contributed by atoms with Crippen LogP contribution in [0.25, 0.3) is 5.65 Å². The second-order valence-electron chi connectivity index (χ2n) is 5.43. The molecule has 0 bridgehead atoms. The molecule has 7 nitrogen and oxygen atoms in total. The van der Waals surface area contributed by atoms with Gasteiger partial charge in [-0.05, 0) is 25.0 Å². The topological polar surface area (TPSA) is 84.2 Å². The van der Waals surface area contributed by atoms with Crippen LogP contribution in [0.15, 0.2) is 18.5 Å². The Labute approximate surface area is 123 Å². The molecule has 1 saturated carbocycles. The maximum absolute atomic E-state index is 11.9. The van der Waals surface area contributed by atoms with Crippen molar-refractivity contribution in [3.05, 3.63) is 18.5 Å². The molecule has 0 spiro atoms. The number of fused-ring (bicyclic) bond motifs is 1. The molecule has 2 aromatic rings. The van der Waals surface area contributed by atoms with Crippen molar-refractivity contribution in [2.75, 3.05) is 11.9 Å². The standard InChI is InChI=1S/C14H20N6O/c21-14(17-11-4-2-1-3-5-11)8-9-15-12-6-7-13-18-16-10-20(13)19-12/h6-7,10-11H,1-5,8-9H2,(H,15,19)(H,17,21). The molecule has 3 rings (SSSR count). The third-order valence-corrected chi connectivity index (χ3v) is 3.79. The van der Waals surface area contributed by atoms with Crippen LogP contribution in [-0.4, -0.2) is 38.3 Å². The molecule has 0 radical (unpaired) electrons. The van der Waals surface area contributed by atoms with Crippen molar-refractivity contribution in [1.82, 2.24) is 25.1 Å². The first-order chi connectivity index (χ1) is 10.3. The summed E-state index contributed by atoms with van der Waals surface area (Å²) in [5.74, 6) is 0.826. The maximum atomic E-state index is 11.9. The first kappa shape index (κ1) is 13.8. The van der Waals surface area contributed by atoms with Gasteiger partial charge >= 0.3 is 0 Å². The average molecular weight is 288 g/mol. The minimum Gasteiger partial charge on any atom is -0.368 e. The Bertz CT molecular complexity index is 604. The van der Waals surface area contributed by atoms with E-state index in [9.17, 15) is 4.79 Å². The van der Waals surface area contributed by atoms with Crippen LogP contribution in [0.5, 0.6) is 0 Å². The molecule has 2 aromatic heterocycles. The lowest BCUT2D eigenvalue weighted by atomic mass is 9.95. The van der Waals surface area contributed by atoms with E-state index >= 15 is 0 Å². The fourth-order valence-corrected chi connectivity index (χ4v) is 2.67. The molecular weight excluding hydrogens is 268 g/mol. The van der Waals surface area contributed by atoms with E-state index in [1.807, 2.05) is 12.1 Å². The smallest absolute Gasteiger partial charge is 0.221 e. The zero-order valence-electron chi connectivity index (χ0n) is 12.0. The number of carbonyl (C=O) groups is 1. The summed E-state index contributed by atoms with van der Waals surface area (Å²) in [6.07, 6.45) is 7.99. The van der Waals surface area contributed by atoms with E-state index in [-0.39, 0.29) is 5.91 Å². The van der Waals surface area contributed by atoms with Crippen molar-refractivity contribution in [3.8, 4) is 0 Å². The molecule has 21 heavy (non-hydrogen) atoms. The van der Waals surface area contributed by atoms with Crippen molar-refractivity contribution in [2.24, 2.45) is 0 Å². The van der Waals surface area contributed by atoms with Gasteiger partial charge in [-0.1, -0.05) is 19.3 Å². The summed E-state index contributed by atoms with van der Waals surface area (Å²) >= 11 is 0. The number of aromatic nitrogens is 4. The lowest BCUT2D eigenvalue weighted by Gasteiger charge is -2.22. The first-order valence-electron chi connectivity index (χ1n) is 7.51. The SMILES string of the molecule is O=C(CCNc1ccc2nncn2n1)NC1CCCCC1. The Morgan fingerprint density at radius 3 is 3.00 bits per heavy atom. The third kappa shape index (κ3) is 3.68. The Morgan fingerprint density at radius 2 is 2.14 bits per heavy atom. The average Bonchev–Trinajstić information content (AvgIpc) is 2.96. The first-order valence-corrected chi connectivity index (χ1v) is 7.51. The Hall–Kier alpha value is -2.18. The molecule has 0 unspecified atom stereocenters. The van der Waals surface area contributed by atoms with E-state index in [2.05, 4.69) is 25.9 Å². The van der Waals surface area contributed by atoms with Gasteiger partial charge in [0.25, 0.3) is 0 Å². The summed E-state index contributed by atoms with van der Waals surface area (Å²) in [6, 6.07) is 4.05. The van der Waals surface area contributed by atoms with Gasteiger partial charge in [-0.2, -0.15) is 4.52 Å². The zero-order chi connectivity index (χ0) is 14.5. The van der Waals surface area contributed by atoms with E-state index in [0.717, 1.165) is 12.8 Å². The molecule has 1 amide bonds. The molecule has 1 aliphatic rings. The number of nitrogens with zero attached hydrogens (tertiary/aromatic N) is 4. The largest absolute Gasteiger partial charge is 0.368 e. The zero-order valence-corrected chi connectivity index (χ0v) is 12.0. The molecule has 1 fully saturated rings. The predicted molar refractivity (Wildman–Crippen MR) is 78.9 cm³/mol. The van der Waals surface area contributed by atoms with E-state index in [1.165, 1.54) is 19.3 Å². The summed E-state index contributed by atoms with van der Waals surface area (Å²) in [4.78, 5) is 11.9. The highest BCUT2D eigenvalue weighted by molar-refractivity contribution is 5.76. The highest BCUT2D eigenvalue weighted by Crippen LogP contribution is 2.17. The van der Waals surface area contributed by atoms with Gasteiger partial charge in [0.2, 0.25) is 5.91 Å². The minimum atomic E-state index is 0.111. The number of hydrogen-bond donors (Lipinski definition) is 2. The van der Waals surface area contributed by atoms with E-state index in [0.29, 0.717) is 30.5 Å². The second kappa shape index (κ2) is 6.51. The molecule has 2 N–H and O–H groups in total. The number of anilines is 1. The van der Waals surface area contributed by atoms with E-state index in [1.54, 1.807) is 10.8 Å². The third-order valence-electron chi connectivity index (χ3n) is 3.79. The lowest BCUT2D eigenvalue weighted by Crippen LogP contribution is -2.36. The van der Waals surface area contributed by atoms with Gasteiger partial charge in [-0.25, -0.2) is 0 Å². The Morgan fingerprint density at radius 1 is 1.29 bits per heavy atom. The van der Waals surface area contributed by atoms with Gasteiger partial charge < -0.3 is 10.6 Å². The van der Waals surface area contributed by atoms with Crippen LogP contribution in [0.2, 0.25) is 0 Å². The van der Waals surface area contributed by atoms with Crippen LogP contribution in [0, 0.1) is 0 Å². The molecule has 0 aromatic carbocycles. The highest BCUT2D eigenvalue weighted by atomic mass is 16.1. The summed E-state index contributed by atoms with van der Waals surface area (Å²) in [5.41, 5.74) is 0.704. The van der Waals surface area contributed by atoms with Crippen LogP contribution in [0.3, 0.4) is 0 Å². The number of nitrogens with one attached hydrogen (secondary N) is 2. The quantitative estimate of drug-likeness (QED) is 0.868. The van der Waals surface area contributed by atoms with Crippen molar-refractivity contribution < 1.29 is 4.79 Å². The van der Waals surface area contributed by atoms with Crippen LogP contribution in [0.1, 0.15) is 38.5 Å². The van der Waals surface area contributed by atoms with Gasteiger partial charge in [0.05, 0.1) is 0 Å². The lowest BCUT2D eigenvalue weighted by molar-refractivity contribution is -0.121.